The summed E-state index contributed by atoms with van der Waals surface area (Å²) < 4.78 is 2.14. The number of hydrogen-bond acceptors (Lipinski definition) is 4. The van der Waals surface area contributed by atoms with Crippen molar-refractivity contribution in [1.29, 1.82) is 0 Å². The third-order valence-electron chi connectivity index (χ3n) is 3.05. The molecule has 1 heterocycles. The highest BCUT2D eigenvalue weighted by Crippen LogP contribution is 2.19. The Morgan fingerprint density at radius 3 is 2.45 bits per heavy atom. The fraction of sp³-hybridized carbons (Fsp3) is 0.750. The Morgan fingerprint density at radius 1 is 1.35 bits per heavy atom. The number of rotatable bonds is 5. The first-order valence-corrected chi connectivity index (χ1v) is 7.46. The lowest BCUT2D eigenvalue weighted by Gasteiger charge is -2.23. The summed E-state index contributed by atoms with van der Waals surface area (Å²) in [7, 11) is 3.72. The maximum atomic E-state index is 4.20. The summed E-state index contributed by atoms with van der Waals surface area (Å²) in [5.74, 6) is 2.58. The molecule has 0 aliphatic rings. The zero-order valence-electron chi connectivity index (χ0n) is 13.0. The van der Waals surface area contributed by atoms with Crippen molar-refractivity contribution in [3.05, 3.63) is 11.6 Å². The number of hydrogen-bond donors (Lipinski definition) is 2. The van der Waals surface area contributed by atoms with Gasteiger partial charge in [0.1, 0.15) is 5.82 Å². The minimum atomic E-state index is 0. The number of halogens is 1. The van der Waals surface area contributed by atoms with Gasteiger partial charge in [0, 0.05) is 25.4 Å². The molecule has 0 saturated heterocycles. The fourth-order valence-electron chi connectivity index (χ4n) is 1.36. The summed E-state index contributed by atoms with van der Waals surface area (Å²) in [5.41, 5.74) is 0. The van der Waals surface area contributed by atoms with Crippen LogP contribution in [0.5, 0.6) is 0 Å². The number of aliphatic imine (C=N–C) groups is 1. The van der Waals surface area contributed by atoms with Gasteiger partial charge in [-0.25, -0.2) is 0 Å². The Morgan fingerprint density at radius 2 is 2.00 bits per heavy atom. The molecule has 1 rings (SSSR count). The molecule has 2 N–H and O–H groups in total. The molecule has 0 amide bonds. The van der Waals surface area contributed by atoms with Crippen molar-refractivity contribution in [2.45, 2.75) is 32.1 Å². The van der Waals surface area contributed by atoms with Gasteiger partial charge in [-0.3, -0.25) is 4.99 Å². The van der Waals surface area contributed by atoms with E-state index in [4.69, 9.17) is 0 Å². The van der Waals surface area contributed by atoms with Gasteiger partial charge >= 0.3 is 0 Å². The molecule has 1 aromatic heterocycles. The molecule has 0 unspecified atom stereocenters. The monoisotopic (exact) mass is 412 g/mol. The average Bonchev–Trinajstić information content (AvgIpc) is 2.70. The zero-order valence-corrected chi connectivity index (χ0v) is 16.2. The summed E-state index contributed by atoms with van der Waals surface area (Å²) >= 11 is 1.83. The number of nitrogens with one attached hydrogen (secondary N) is 2. The van der Waals surface area contributed by atoms with E-state index in [1.807, 2.05) is 30.3 Å². The van der Waals surface area contributed by atoms with E-state index in [0.29, 0.717) is 6.54 Å². The lowest BCUT2D eigenvalue weighted by molar-refractivity contribution is 0.656. The highest BCUT2D eigenvalue weighted by Gasteiger charge is 2.16. The van der Waals surface area contributed by atoms with Gasteiger partial charge < -0.3 is 15.2 Å². The van der Waals surface area contributed by atoms with Gasteiger partial charge in [0.05, 0.1) is 6.54 Å². The first-order chi connectivity index (χ1) is 8.89. The van der Waals surface area contributed by atoms with Gasteiger partial charge in [-0.05, 0) is 27.0 Å². The van der Waals surface area contributed by atoms with E-state index >= 15 is 0 Å². The van der Waals surface area contributed by atoms with Crippen LogP contribution in [0.25, 0.3) is 0 Å². The summed E-state index contributed by atoms with van der Waals surface area (Å²) in [6, 6.07) is 0. The maximum Gasteiger partial charge on any atom is 0.191 e. The third kappa shape index (κ3) is 5.86. The second kappa shape index (κ2) is 8.71. The molecule has 0 spiro atoms. The molecular formula is C12H25IN6S. The van der Waals surface area contributed by atoms with E-state index in [-0.39, 0.29) is 28.7 Å². The molecule has 0 atom stereocenters. The Balaban J connectivity index is 0.00000361. The molecule has 0 aromatic carbocycles. The van der Waals surface area contributed by atoms with Gasteiger partial charge in [0.15, 0.2) is 11.8 Å². The van der Waals surface area contributed by atoms with Crippen LogP contribution in [0.2, 0.25) is 0 Å². The highest BCUT2D eigenvalue weighted by atomic mass is 127. The van der Waals surface area contributed by atoms with E-state index in [9.17, 15) is 0 Å². The van der Waals surface area contributed by atoms with Crippen molar-refractivity contribution < 1.29 is 0 Å². The maximum absolute atomic E-state index is 4.20. The summed E-state index contributed by atoms with van der Waals surface area (Å²) in [5, 5.41) is 14.7. The average molecular weight is 412 g/mol. The van der Waals surface area contributed by atoms with Gasteiger partial charge in [-0.15, -0.1) is 34.2 Å². The molecule has 0 aliphatic carbocycles. The van der Waals surface area contributed by atoms with E-state index in [2.05, 4.69) is 45.9 Å². The number of guanidine groups is 1. The van der Waals surface area contributed by atoms with Crippen molar-refractivity contribution in [2.24, 2.45) is 12.0 Å². The molecule has 0 fully saturated rings. The molecule has 8 heteroatoms. The SMILES string of the molecule is CN=C(NCc1nnc(C)n1C)NCC(C)(C)SC.I. The zero-order chi connectivity index (χ0) is 14.5. The van der Waals surface area contributed by atoms with Gasteiger partial charge in [0.25, 0.3) is 0 Å². The first-order valence-electron chi connectivity index (χ1n) is 6.24. The Labute approximate surface area is 142 Å². The second-order valence-electron chi connectivity index (χ2n) is 4.97. The smallest absolute Gasteiger partial charge is 0.191 e. The normalized spacial score (nSPS) is 12.0. The van der Waals surface area contributed by atoms with Crippen LogP contribution >= 0.6 is 35.7 Å². The van der Waals surface area contributed by atoms with Crippen molar-refractivity contribution >= 4 is 41.7 Å². The van der Waals surface area contributed by atoms with E-state index in [1.54, 1.807) is 7.05 Å². The van der Waals surface area contributed by atoms with Crippen LogP contribution < -0.4 is 10.6 Å². The predicted molar refractivity (Wildman–Crippen MR) is 97.0 cm³/mol. The van der Waals surface area contributed by atoms with Crippen LogP contribution in [0.15, 0.2) is 4.99 Å². The molecule has 0 aliphatic heterocycles. The highest BCUT2D eigenvalue weighted by molar-refractivity contribution is 14.0. The lowest BCUT2D eigenvalue weighted by atomic mass is 10.2. The topological polar surface area (TPSA) is 67.1 Å². The Kier molecular flexibility index (Phi) is 8.48. The lowest BCUT2D eigenvalue weighted by Crippen LogP contribution is -2.43. The number of aryl methyl sites for hydroxylation is 1. The van der Waals surface area contributed by atoms with Crippen molar-refractivity contribution in [1.82, 2.24) is 25.4 Å². The molecule has 0 radical (unpaired) electrons. The van der Waals surface area contributed by atoms with Crippen LogP contribution in [-0.2, 0) is 13.6 Å². The molecule has 20 heavy (non-hydrogen) atoms. The summed E-state index contributed by atoms with van der Waals surface area (Å²) in [4.78, 5) is 4.20. The summed E-state index contributed by atoms with van der Waals surface area (Å²) in [6.07, 6.45) is 2.11. The fourth-order valence-corrected chi connectivity index (χ4v) is 1.57. The second-order valence-corrected chi connectivity index (χ2v) is 6.48. The Hall–Kier alpha value is -0.510. The summed E-state index contributed by atoms with van der Waals surface area (Å²) in [6.45, 7) is 7.79. The predicted octanol–water partition coefficient (Wildman–Crippen LogP) is 1.55. The van der Waals surface area contributed by atoms with Crippen molar-refractivity contribution in [3.8, 4) is 0 Å². The van der Waals surface area contributed by atoms with Crippen LogP contribution in [0, 0.1) is 6.92 Å². The molecule has 1 aromatic rings. The van der Waals surface area contributed by atoms with Crippen molar-refractivity contribution in [3.63, 3.8) is 0 Å². The molecular weight excluding hydrogens is 387 g/mol. The van der Waals surface area contributed by atoms with Gasteiger partial charge in [0.2, 0.25) is 0 Å². The third-order valence-corrected chi connectivity index (χ3v) is 4.30. The first kappa shape index (κ1) is 19.5. The van der Waals surface area contributed by atoms with E-state index in [0.717, 1.165) is 24.2 Å². The van der Waals surface area contributed by atoms with Crippen LogP contribution in [0.1, 0.15) is 25.5 Å². The molecule has 0 saturated carbocycles. The number of aromatic nitrogens is 3. The Bertz CT molecular complexity index is 443. The molecule has 0 bridgehead atoms. The van der Waals surface area contributed by atoms with Crippen molar-refractivity contribution in [2.75, 3.05) is 19.8 Å². The minimum absolute atomic E-state index is 0. The minimum Gasteiger partial charge on any atom is -0.355 e. The number of thioether (sulfide) groups is 1. The van der Waals surface area contributed by atoms with Gasteiger partial charge in [-0.2, -0.15) is 11.8 Å². The standard InChI is InChI=1S/C12H24N6S.HI/c1-9-16-17-10(18(9)5)7-14-11(13-4)15-8-12(2,3)19-6;/h7-8H2,1-6H3,(H2,13,14,15);1H. The van der Waals surface area contributed by atoms with E-state index in [1.165, 1.54) is 0 Å². The van der Waals surface area contributed by atoms with Crippen LogP contribution in [-0.4, -0.2) is 45.3 Å². The largest absolute Gasteiger partial charge is 0.355 e. The quantitative estimate of drug-likeness (QED) is 0.437. The van der Waals surface area contributed by atoms with Crippen LogP contribution in [0.4, 0.5) is 0 Å². The van der Waals surface area contributed by atoms with Gasteiger partial charge in [-0.1, -0.05) is 0 Å². The van der Waals surface area contributed by atoms with E-state index < -0.39 is 0 Å². The molecule has 116 valence electrons. The van der Waals surface area contributed by atoms with Crippen LogP contribution in [0.3, 0.4) is 0 Å². The number of nitrogens with zero attached hydrogens (tertiary/aromatic N) is 4. The molecule has 6 nitrogen and oxygen atoms in total.